The number of thioether (sulfide) groups is 1. The molecule has 7 heteroatoms. The van der Waals surface area contributed by atoms with Crippen LogP contribution in [-0.2, 0) is 0 Å². The zero-order valence-electron chi connectivity index (χ0n) is 11.7. The van der Waals surface area contributed by atoms with Crippen molar-refractivity contribution in [1.82, 2.24) is 10.3 Å². The van der Waals surface area contributed by atoms with Crippen LogP contribution in [0.4, 0.5) is 10.9 Å². The maximum atomic E-state index is 12.1. The number of thiazole rings is 1. The highest BCUT2D eigenvalue weighted by Gasteiger charge is 2.17. The molecule has 1 rings (SSSR count). The number of aromatic nitrogens is 1. The lowest BCUT2D eigenvalue weighted by atomic mass is 10.3. The van der Waals surface area contributed by atoms with Gasteiger partial charge >= 0.3 is 0 Å². The molecule has 0 aliphatic rings. The third-order valence-electron chi connectivity index (χ3n) is 2.34. The van der Waals surface area contributed by atoms with E-state index in [1.807, 2.05) is 6.92 Å². The number of hydrogen-bond donors (Lipinski definition) is 3. The molecule has 19 heavy (non-hydrogen) atoms. The van der Waals surface area contributed by atoms with E-state index in [1.165, 1.54) is 11.3 Å². The van der Waals surface area contributed by atoms with Crippen molar-refractivity contribution in [3.63, 3.8) is 0 Å². The van der Waals surface area contributed by atoms with Crippen molar-refractivity contribution in [3.05, 3.63) is 4.88 Å². The highest BCUT2D eigenvalue weighted by atomic mass is 32.2. The Morgan fingerprint density at radius 3 is 2.89 bits per heavy atom. The maximum absolute atomic E-state index is 12.1. The smallest absolute Gasteiger partial charge is 0.265 e. The highest BCUT2D eigenvalue weighted by molar-refractivity contribution is 7.99. The summed E-state index contributed by atoms with van der Waals surface area (Å²) in [7, 11) is 0. The highest BCUT2D eigenvalue weighted by Crippen LogP contribution is 2.24. The summed E-state index contributed by atoms with van der Waals surface area (Å²) in [4.78, 5) is 16.7. The molecule has 0 aliphatic carbocycles. The molecule has 1 aromatic rings. The van der Waals surface area contributed by atoms with Gasteiger partial charge in [0.25, 0.3) is 5.91 Å². The third-order valence-corrected chi connectivity index (χ3v) is 4.51. The Morgan fingerprint density at radius 1 is 1.53 bits per heavy atom. The normalized spacial score (nSPS) is 12.2. The van der Waals surface area contributed by atoms with Gasteiger partial charge in [0.15, 0.2) is 5.13 Å². The number of amides is 1. The second-order valence-corrected chi connectivity index (χ2v) is 6.51. The maximum Gasteiger partial charge on any atom is 0.265 e. The molecule has 1 aromatic heterocycles. The first kappa shape index (κ1) is 16.1. The van der Waals surface area contributed by atoms with Crippen LogP contribution in [0.5, 0.6) is 0 Å². The summed E-state index contributed by atoms with van der Waals surface area (Å²) in [5.74, 6) is 2.12. The van der Waals surface area contributed by atoms with Gasteiger partial charge in [-0.05, 0) is 19.1 Å². The molecular weight excluding hydrogens is 280 g/mol. The summed E-state index contributed by atoms with van der Waals surface area (Å²) in [5, 5.41) is 6.79. The number of nitrogen functional groups attached to an aromatic ring is 1. The fourth-order valence-electron chi connectivity index (χ4n) is 1.43. The van der Waals surface area contributed by atoms with Crippen LogP contribution >= 0.6 is 23.1 Å². The summed E-state index contributed by atoms with van der Waals surface area (Å²) in [6.45, 7) is 7.00. The monoisotopic (exact) mass is 302 g/mol. The Labute approximate surface area is 122 Å². The molecule has 1 amide bonds. The Kier molecular flexibility index (Phi) is 7.01. The van der Waals surface area contributed by atoms with E-state index in [2.05, 4.69) is 29.5 Å². The molecule has 1 atom stereocenters. The molecule has 108 valence electrons. The summed E-state index contributed by atoms with van der Waals surface area (Å²) in [5.41, 5.74) is 5.78. The second kappa shape index (κ2) is 8.27. The van der Waals surface area contributed by atoms with Crippen molar-refractivity contribution in [2.24, 2.45) is 0 Å². The largest absolute Gasteiger partial charge is 0.382 e. The molecule has 0 spiro atoms. The summed E-state index contributed by atoms with van der Waals surface area (Å²) >= 11 is 3.11. The molecule has 0 aromatic carbocycles. The number of anilines is 2. The van der Waals surface area contributed by atoms with E-state index in [-0.39, 0.29) is 11.9 Å². The summed E-state index contributed by atoms with van der Waals surface area (Å²) < 4.78 is 0. The number of hydrogen-bond acceptors (Lipinski definition) is 6. The molecular formula is C12H22N4OS2. The van der Waals surface area contributed by atoms with E-state index in [4.69, 9.17) is 5.73 Å². The number of nitrogens with zero attached hydrogens (tertiary/aromatic N) is 1. The predicted octanol–water partition coefficient (Wildman–Crippen LogP) is 2.42. The van der Waals surface area contributed by atoms with Crippen molar-refractivity contribution >= 4 is 40.0 Å². The van der Waals surface area contributed by atoms with Crippen LogP contribution in [0.2, 0.25) is 0 Å². The van der Waals surface area contributed by atoms with Crippen LogP contribution in [0.25, 0.3) is 0 Å². The first-order chi connectivity index (χ1) is 9.08. The van der Waals surface area contributed by atoms with Crippen LogP contribution < -0.4 is 16.4 Å². The number of carbonyl (C=O) groups excluding carboxylic acids is 1. The van der Waals surface area contributed by atoms with Gasteiger partial charge in [-0.1, -0.05) is 25.2 Å². The summed E-state index contributed by atoms with van der Waals surface area (Å²) in [6.07, 6.45) is 1.01. The molecule has 4 N–H and O–H groups in total. The van der Waals surface area contributed by atoms with Crippen LogP contribution in [0.1, 0.15) is 36.9 Å². The lowest BCUT2D eigenvalue weighted by molar-refractivity contribution is 0.0948. The molecule has 1 heterocycles. The number of nitrogens with two attached hydrogens (primary N) is 1. The van der Waals surface area contributed by atoms with Gasteiger partial charge in [-0.15, -0.1) is 0 Å². The minimum Gasteiger partial charge on any atom is -0.382 e. The molecule has 0 bridgehead atoms. The number of nitrogens with one attached hydrogen (secondary N) is 2. The van der Waals surface area contributed by atoms with E-state index in [9.17, 15) is 4.79 Å². The van der Waals surface area contributed by atoms with Gasteiger partial charge in [0.2, 0.25) is 0 Å². The van der Waals surface area contributed by atoms with Crippen LogP contribution in [0.15, 0.2) is 0 Å². The van der Waals surface area contributed by atoms with Crippen molar-refractivity contribution in [1.29, 1.82) is 0 Å². The van der Waals surface area contributed by atoms with Gasteiger partial charge in [0, 0.05) is 18.3 Å². The van der Waals surface area contributed by atoms with Crippen LogP contribution in [-0.4, -0.2) is 35.0 Å². The SMILES string of the molecule is CCCNc1nc(N)c(C(=O)NC(C)CSCC)s1. The molecule has 0 aliphatic heterocycles. The first-order valence-electron chi connectivity index (χ1n) is 6.47. The van der Waals surface area contributed by atoms with Crippen molar-refractivity contribution in [2.45, 2.75) is 33.2 Å². The van der Waals surface area contributed by atoms with Gasteiger partial charge in [0.1, 0.15) is 10.7 Å². The van der Waals surface area contributed by atoms with Crippen molar-refractivity contribution in [2.75, 3.05) is 29.1 Å². The van der Waals surface area contributed by atoms with Gasteiger partial charge in [-0.25, -0.2) is 4.98 Å². The minimum absolute atomic E-state index is 0.131. The van der Waals surface area contributed by atoms with Gasteiger partial charge < -0.3 is 16.4 Å². The summed E-state index contributed by atoms with van der Waals surface area (Å²) in [6, 6.07) is 0.131. The molecule has 0 saturated carbocycles. The Morgan fingerprint density at radius 2 is 2.26 bits per heavy atom. The topological polar surface area (TPSA) is 80.0 Å². The Bertz CT molecular complexity index is 408. The predicted molar refractivity (Wildman–Crippen MR) is 85.2 cm³/mol. The first-order valence-corrected chi connectivity index (χ1v) is 8.44. The Hall–Kier alpha value is -0.950. The molecule has 5 nitrogen and oxygen atoms in total. The molecule has 1 unspecified atom stereocenters. The molecule has 0 radical (unpaired) electrons. The minimum atomic E-state index is -0.135. The zero-order chi connectivity index (χ0) is 14.3. The van der Waals surface area contributed by atoms with Gasteiger partial charge in [0.05, 0.1) is 0 Å². The van der Waals surface area contributed by atoms with E-state index < -0.39 is 0 Å². The standard InChI is InChI=1S/C12H22N4OS2/c1-4-6-14-12-16-10(13)9(19-12)11(17)15-8(3)7-18-5-2/h8H,4-7,13H2,1-3H3,(H,14,16)(H,15,17). The van der Waals surface area contributed by atoms with Crippen LogP contribution in [0, 0.1) is 0 Å². The quantitative estimate of drug-likeness (QED) is 0.687. The third kappa shape index (κ3) is 5.28. The average molecular weight is 302 g/mol. The molecule has 0 saturated heterocycles. The van der Waals surface area contributed by atoms with E-state index in [0.717, 1.165) is 24.5 Å². The fourth-order valence-corrected chi connectivity index (χ4v) is 2.91. The van der Waals surface area contributed by atoms with Gasteiger partial charge in [-0.3, -0.25) is 4.79 Å². The fraction of sp³-hybridized carbons (Fsp3) is 0.667. The lowest BCUT2D eigenvalue weighted by Gasteiger charge is -2.12. The Balaban J connectivity index is 2.58. The van der Waals surface area contributed by atoms with Gasteiger partial charge in [-0.2, -0.15) is 11.8 Å². The van der Waals surface area contributed by atoms with Crippen molar-refractivity contribution < 1.29 is 4.79 Å². The average Bonchev–Trinajstić information content (AvgIpc) is 2.75. The number of rotatable bonds is 8. The zero-order valence-corrected chi connectivity index (χ0v) is 13.3. The molecule has 0 fully saturated rings. The van der Waals surface area contributed by atoms with E-state index >= 15 is 0 Å². The van der Waals surface area contributed by atoms with Crippen molar-refractivity contribution in [3.8, 4) is 0 Å². The number of carbonyl (C=O) groups is 1. The van der Waals surface area contributed by atoms with E-state index in [0.29, 0.717) is 15.8 Å². The van der Waals surface area contributed by atoms with Crippen LogP contribution in [0.3, 0.4) is 0 Å². The lowest BCUT2D eigenvalue weighted by Crippen LogP contribution is -2.34. The van der Waals surface area contributed by atoms with E-state index in [1.54, 1.807) is 11.8 Å². The second-order valence-electron chi connectivity index (χ2n) is 4.19.